The number of amides is 1. The number of carbonyl (C=O) groups is 1. The zero-order chi connectivity index (χ0) is 23.0. The van der Waals surface area contributed by atoms with E-state index in [9.17, 15) is 31.1 Å². The standard InChI is InChI=1S/C17H16F6N6O2/c1-29-11(5-12(28-29)16(18,19)20)14(30)27-10-4-2-3-9(24)8(10)6-25-13-7-26-15(31-13)17(21,22)23/h5-7,10H,2-4,24H2,1H3,(H,27,30)/b25-6+. The lowest BCUT2D eigenvalue weighted by Crippen LogP contribution is -2.40. The number of oxazole rings is 1. The normalized spacial score (nSPS) is 18.1. The molecule has 8 nitrogen and oxygen atoms in total. The highest BCUT2D eigenvalue weighted by Gasteiger charge is 2.37. The maximum absolute atomic E-state index is 12.8. The molecule has 0 aromatic carbocycles. The highest BCUT2D eigenvalue weighted by molar-refractivity contribution is 5.94. The number of carbonyl (C=O) groups excluding carboxylic acids is 1. The second kappa shape index (κ2) is 8.07. The van der Waals surface area contributed by atoms with Crippen LogP contribution in [0.5, 0.6) is 0 Å². The van der Waals surface area contributed by atoms with E-state index < -0.39 is 41.8 Å². The van der Waals surface area contributed by atoms with Crippen LogP contribution in [0.25, 0.3) is 0 Å². The van der Waals surface area contributed by atoms with Crippen molar-refractivity contribution in [3.8, 4) is 0 Å². The molecule has 0 aliphatic heterocycles. The van der Waals surface area contributed by atoms with Crippen molar-refractivity contribution in [2.75, 3.05) is 0 Å². The molecule has 0 fully saturated rings. The van der Waals surface area contributed by atoms with Gasteiger partial charge in [-0.3, -0.25) is 9.48 Å². The van der Waals surface area contributed by atoms with Gasteiger partial charge in [-0.25, -0.2) is 9.98 Å². The van der Waals surface area contributed by atoms with Gasteiger partial charge < -0.3 is 15.5 Å². The molecule has 2 aromatic rings. The summed E-state index contributed by atoms with van der Waals surface area (Å²) in [5.41, 5.74) is 5.06. The van der Waals surface area contributed by atoms with Crippen LogP contribution in [0.4, 0.5) is 32.2 Å². The molecule has 14 heteroatoms. The third-order valence-corrected chi connectivity index (χ3v) is 4.46. The first-order valence-electron chi connectivity index (χ1n) is 8.84. The quantitative estimate of drug-likeness (QED) is 0.548. The molecular weight excluding hydrogens is 434 g/mol. The van der Waals surface area contributed by atoms with Gasteiger partial charge in [0.1, 0.15) is 5.69 Å². The summed E-state index contributed by atoms with van der Waals surface area (Å²) >= 11 is 0. The Labute approximate surface area is 170 Å². The minimum Gasteiger partial charge on any atom is -0.414 e. The first kappa shape index (κ1) is 22.4. The van der Waals surface area contributed by atoms with Gasteiger partial charge in [0.05, 0.1) is 12.2 Å². The van der Waals surface area contributed by atoms with E-state index in [1.54, 1.807) is 0 Å². The number of hydrogen-bond donors (Lipinski definition) is 2. The zero-order valence-electron chi connectivity index (χ0n) is 15.9. The maximum Gasteiger partial charge on any atom is 0.469 e. The Bertz CT molecular complexity index is 1030. The Morgan fingerprint density at radius 2 is 2.03 bits per heavy atom. The highest BCUT2D eigenvalue weighted by Crippen LogP contribution is 2.31. The van der Waals surface area contributed by atoms with Crippen LogP contribution in [0.1, 0.15) is 41.3 Å². The van der Waals surface area contributed by atoms with Gasteiger partial charge in [0.15, 0.2) is 5.69 Å². The molecule has 0 saturated carbocycles. The number of allylic oxidation sites excluding steroid dienone is 1. The van der Waals surface area contributed by atoms with E-state index in [2.05, 4.69) is 24.8 Å². The summed E-state index contributed by atoms with van der Waals surface area (Å²) in [4.78, 5) is 19.4. The number of aliphatic imine (C=N–C) groups is 1. The van der Waals surface area contributed by atoms with Crippen LogP contribution in [0.2, 0.25) is 0 Å². The van der Waals surface area contributed by atoms with Crippen molar-refractivity contribution in [1.82, 2.24) is 20.1 Å². The van der Waals surface area contributed by atoms with E-state index >= 15 is 0 Å². The Balaban J connectivity index is 1.79. The summed E-state index contributed by atoms with van der Waals surface area (Å²) in [6.45, 7) is 0. The number of hydrogen-bond acceptors (Lipinski definition) is 6. The summed E-state index contributed by atoms with van der Waals surface area (Å²) in [5, 5.41) is 5.85. The number of aryl methyl sites for hydroxylation is 1. The van der Waals surface area contributed by atoms with E-state index in [0.717, 1.165) is 17.1 Å². The molecule has 0 radical (unpaired) electrons. The lowest BCUT2D eigenvalue weighted by molar-refractivity contribution is -0.156. The Morgan fingerprint density at radius 1 is 1.32 bits per heavy atom. The second-order valence-corrected chi connectivity index (χ2v) is 6.69. The van der Waals surface area contributed by atoms with E-state index in [-0.39, 0.29) is 5.69 Å². The Morgan fingerprint density at radius 3 is 2.61 bits per heavy atom. The number of nitrogens with two attached hydrogens (primary N) is 1. The first-order valence-corrected chi connectivity index (χ1v) is 8.84. The first-order chi connectivity index (χ1) is 14.4. The van der Waals surface area contributed by atoms with Crippen molar-refractivity contribution in [1.29, 1.82) is 0 Å². The van der Waals surface area contributed by atoms with Crippen molar-refractivity contribution < 1.29 is 35.6 Å². The van der Waals surface area contributed by atoms with Gasteiger partial charge in [-0.15, -0.1) is 0 Å². The van der Waals surface area contributed by atoms with Crippen molar-refractivity contribution in [2.24, 2.45) is 17.8 Å². The van der Waals surface area contributed by atoms with Gasteiger partial charge in [-0.1, -0.05) is 0 Å². The SMILES string of the molecule is Cn1nc(C(F)(F)F)cc1C(=O)NC1CCCC(N)=C1/C=N/c1cnc(C(F)(F)F)o1. The predicted octanol–water partition coefficient (Wildman–Crippen LogP) is 3.34. The third-order valence-electron chi connectivity index (χ3n) is 4.46. The summed E-state index contributed by atoms with van der Waals surface area (Å²) in [7, 11) is 1.19. The lowest BCUT2D eigenvalue weighted by atomic mass is 9.92. The summed E-state index contributed by atoms with van der Waals surface area (Å²) < 4.78 is 81.5. The van der Waals surface area contributed by atoms with Gasteiger partial charge in [-0.05, 0) is 19.3 Å². The minimum atomic E-state index is -4.77. The molecule has 1 aliphatic rings. The largest absolute Gasteiger partial charge is 0.469 e. The molecule has 3 rings (SSSR count). The molecule has 2 aromatic heterocycles. The van der Waals surface area contributed by atoms with Crippen LogP contribution in [-0.2, 0) is 19.4 Å². The molecule has 1 unspecified atom stereocenters. The molecule has 168 valence electrons. The molecule has 3 N–H and O–H groups in total. The summed E-state index contributed by atoms with van der Waals surface area (Å²) in [5.74, 6) is -2.72. The fourth-order valence-electron chi connectivity index (χ4n) is 2.98. The van der Waals surface area contributed by atoms with Crippen LogP contribution in [0.15, 0.2) is 32.9 Å². The smallest absolute Gasteiger partial charge is 0.414 e. The predicted molar refractivity (Wildman–Crippen MR) is 94.2 cm³/mol. The van der Waals surface area contributed by atoms with Crippen LogP contribution in [0, 0.1) is 0 Å². The van der Waals surface area contributed by atoms with Gasteiger partial charge in [-0.2, -0.15) is 31.4 Å². The molecule has 0 bridgehead atoms. The summed E-state index contributed by atoms with van der Waals surface area (Å²) in [6, 6.07) is -0.106. The lowest BCUT2D eigenvalue weighted by Gasteiger charge is -2.25. The molecular formula is C17H16F6N6O2. The van der Waals surface area contributed by atoms with Crippen molar-refractivity contribution in [2.45, 2.75) is 37.7 Å². The van der Waals surface area contributed by atoms with Crippen LogP contribution in [-0.4, -0.2) is 32.9 Å². The van der Waals surface area contributed by atoms with Crippen molar-refractivity contribution in [3.63, 3.8) is 0 Å². The van der Waals surface area contributed by atoms with Gasteiger partial charge >= 0.3 is 18.2 Å². The number of alkyl halides is 6. The van der Waals surface area contributed by atoms with Crippen LogP contribution < -0.4 is 11.1 Å². The molecule has 1 amide bonds. The molecule has 0 spiro atoms. The topological polar surface area (TPSA) is 111 Å². The number of nitrogens with zero attached hydrogens (tertiary/aromatic N) is 4. The van der Waals surface area contributed by atoms with E-state index in [1.165, 1.54) is 7.05 Å². The second-order valence-electron chi connectivity index (χ2n) is 6.69. The fraction of sp³-hybridized carbons (Fsp3) is 0.412. The highest BCUT2D eigenvalue weighted by atomic mass is 19.4. The minimum absolute atomic E-state index is 0.308. The van der Waals surface area contributed by atoms with Gasteiger partial charge in [0.25, 0.3) is 5.91 Å². The van der Waals surface area contributed by atoms with Crippen molar-refractivity contribution in [3.05, 3.63) is 40.8 Å². The number of aromatic nitrogens is 3. The monoisotopic (exact) mass is 450 g/mol. The molecule has 31 heavy (non-hydrogen) atoms. The fourth-order valence-corrected chi connectivity index (χ4v) is 2.98. The number of rotatable bonds is 4. The Kier molecular flexibility index (Phi) is 5.83. The number of nitrogens with one attached hydrogen (secondary N) is 1. The molecule has 0 saturated heterocycles. The van der Waals surface area contributed by atoms with Crippen LogP contribution >= 0.6 is 0 Å². The Hall–Kier alpha value is -3.32. The maximum atomic E-state index is 12.8. The zero-order valence-corrected chi connectivity index (χ0v) is 15.9. The molecule has 1 atom stereocenters. The van der Waals surface area contributed by atoms with Crippen LogP contribution in [0.3, 0.4) is 0 Å². The van der Waals surface area contributed by atoms with Gasteiger partial charge in [0, 0.05) is 30.6 Å². The van der Waals surface area contributed by atoms with E-state index in [0.29, 0.717) is 36.6 Å². The molecule has 2 heterocycles. The van der Waals surface area contributed by atoms with E-state index in [1.807, 2.05) is 0 Å². The summed E-state index contributed by atoms with van der Waals surface area (Å²) in [6.07, 6.45) is -6.15. The average Bonchev–Trinajstić information content (AvgIpc) is 3.27. The molecule has 1 aliphatic carbocycles. The third kappa shape index (κ3) is 5.06. The average molecular weight is 450 g/mol. The van der Waals surface area contributed by atoms with Crippen molar-refractivity contribution >= 4 is 18.0 Å². The van der Waals surface area contributed by atoms with Gasteiger partial charge in [0.2, 0.25) is 5.88 Å². The number of halogens is 6. The van der Waals surface area contributed by atoms with E-state index in [4.69, 9.17) is 5.73 Å².